The first-order valence-electron chi connectivity index (χ1n) is 3.51. The van der Waals surface area contributed by atoms with Crippen LogP contribution in [0.15, 0.2) is 27.4 Å². The van der Waals surface area contributed by atoms with Gasteiger partial charge in [0.05, 0.1) is 5.56 Å². The van der Waals surface area contributed by atoms with Crippen LogP contribution in [0, 0.1) is 0 Å². The number of fused-ring (bicyclic) bond motifs is 1. The SMILES string of the molecule is FC(F)c1cccc2nc(Br)oc12. The summed E-state index contributed by atoms with van der Waals surface area (Å²) in [6.07, 6.45) is -2.54. The van der Waals surface area contributed by atoms with Crippen LogP contribution in [0.25, 0.3) is 11.1 Å². The molecule has 68 valence electrons. The van der Waals surface area contributed by atoms with Gasteiger partial charge in [0, 0.05) is 15.9 Å². The van der Waals surface area contributed by atoms with Gasteiger partial charge in [-0.1, -0.05) is 6.07 Å². The number of hydrogen-bond acceptors (Lipinski definition) is 2. The molecule has 5 heteroatoms. The van der Waals surface area contributed by atoms with E-state index in [2.05, 4.69) is 20.9 Å². The summed E-state index contributed by atoms with van der Waals surface area (Å²) in [5.41, 5.74) is 0.449. The Bertz CT molecular complexity index is 441. The monoisotopic (exact) mass is 247 g/mol. The molecular formula is C8H4BrF2NO. The molecule has 13 heavy (non-hydrogen) atoms. The van der Waals surface area contributed by atoms with Crippen molar-refractivity contribution in [1.29, 1.82) is 0 Å². The third-order valence-electron chi connectivity index (χ3n) is 1.65. The van der Waals surface area contributed by atoms with E-state index in [1.165, 1.54) is 12.1 Å². The van der Waals surface area contributed by atoms with Gasteiger partial charge < -0.3 is 4.42 Å². The minimum absolute atomic E-state index is 0.129. The average molecular weight is 248 g/mol. The smallest absolute Gasteiger partial charge is 0.267 e. The molecule has 0 saturated carbocycles. The molecule has 0 aliphatic carbocycles. The third-order valence-corrected chi connectivity index (χ3v) is 1.99. The van der Waals surface area contributed by atoms with Crippen LogP contribution in [-0.2, 0) is 0 Å². The lowest BCUT2D eigenvalue weighted by Crippen LogP contribution is -1.83. The van der Waals surface area contributed by atoms with E-state index in [0.717, 1.165) is 0 Å². The summed E-state index contributed by atoms with van der Waals surface area (Å²) in [7, 11) is 0. The Balaban J connectivity index is 2.75. The van der Waals surface area contributed by atoms with Crippen LogP contribution < -0.4 is 0 Å². The summed E-state index contributed by atoms with van der Waals surface area (Å²) in [6.45, 7) is 0. The van der Waals surface area contributed by atoms with Gasteiger partial charge in [0.25, 0.3) is 11.2 Å². The molecule has 0 aliphatic rings. The molecule has 0 radical (unpaired) electrons. The maximum absolute atomic E-state index is 12.4. The van der Waals surface area contributed by atoms with Crippen LogP contribution in [0.2, 0.25) is 0 Å². The van der Waals surface area contributed by atoms with Crippen molar-refractivity contribution in [3.05, 3.63) is 28.6 Å². The maximum Gasteiger partial charge on any atom is 0.267 e. The van der Waals surface area contributed by atoms with Crippen molar-refractivity contribution in [3.8, 4) is 0 Å². The Labute approximate surface area is 80.7 Å². The number of benzene rings is 1. The highest BCUT2D eigenvalue weighted by molar-refractivity contribution is 9.10. The van der Waals surface area contributed by atoms with Crippen molar-refractivity contribution in [3.63, 3.8) is 0 Å². The predicted molar refractivity (Wildman–Crippen MR) is 46.7 cm³/mol. The summed E-state index contributed by atoms with van der Waals surface area (Å²) in [5.74, 6) is 0. The van der Waals surface area contributed by atoms with Gasteiger partial charge in [-0.15, -0.1) is 0 Å². The summed E-state index contributed by atoms with van der Waals surface area (Å²) >= 11 is 2.99. The van der Waals surface area contributed by atoms with E-state index in [1.54, 1.807) is 6.07 Å². The molecule has 0 saturated heterocycles. The molecule has 0 amide bonds. The van der Waals surface area contributed by atoms with Gasteiger partial charge in [-0.3, -0.25) is 0 Å². The Morgan fingerprint density at radius 3 is 2.85 bits per heavy atom. The normalized spacial score (nSPS) is 11.4. The minimum atomic E-state index is -2.54. The van der Waals surface area contributed by atoms with Crippen LogP contribution in [0.1, 0.15) is 12.0 Å². The first kappa shape index (κ1) is 8.62. The first-order chi connectivity index (χ1) is 6.18. The Hall–Kier alpha value is -0.970. The molecule has 0 fully saturated rings. The molecule has 0 atom stereocenters. The molecule has 0 spiro atoms. The maximum atomic E-state index is 12.4. The molecule has 0 unspecified atom stereocenters. The zero-order valence-electron chi connectivity index (χ0n) is 6.30. The number of hydrogen-bond donors (Lipinski definition) is 0. The van der Waals surface area contributed by atoms with Crippen molar-refractivity contribution in [2.24, 2.45) is 0 Å². The summed E-state index contributed by atoms with van der Waals surface area (Å²) < 4.78 is 29.8. The zero-order valence-corrected chi connectivity index (χ0v) is 7.88. The topological polar surface area (TPSA) is 26.0 Å². The van der Waals surface area contributed by atoms with Gasteiger partial charge >= 0.3 is 0 Å². The van der Waals surface area contributed by atoms with Crippen molar-refractivity contribution in [2.75, 3.05) is 0 Å². The van der Waals surface area contributed by atoms with Crippen LogP contribution in [-0.4, -0.2) is 4.98 Å². The highest BCUT2D eigenvalue weighted by Gasteiger charge is 2.15. The molecule has 0 bridgehead atoms. The standard InChI is InChI=1S/C8H4BrF2NO/c9-8-12-5-3-1-2-4(7(10)11)6(5)13-8/h1-3,7H. The van der Waals surface area contributed by atoms with Gasteiger partial charge in [0.2, 0.25) is 0 Å². The van der Waals surface area contributed by atoms with E-state index in [0.29, 0.717) is 5.52 Å². The minimum Gasteiger partial charge on any atom is -0.431 e. The summed E-state index contributed by atoms with van der Waals surface area (Å²) in [4.78, 5) is 4.09. The molecule has 0 N–H and O–H groups in total. The van der Waals surface area contributed by atoms with Gasteiger partial charge in [0.1, 0.15) is 5.52 Å². The predicted octanol–water partition coefficient (Wildman–Crippen LogP) is 3.53. The lowest BCUT2D eigenvalue weighted by molar-refractivity contribution is 0.151. The van der Waals surface area contributed by atoms with Crippen LogP contribution >= 0.6 is 15.9 Å². The van der Waals surface area contributed by atoms with Crippen LogP contribution in [0.4, 0.5) is 8.78 Å². The molecule has 2 nitrogen and oxygen atoms in total. The van der Waals surface area contributed by atoms with E-state index in [9.17, 15) is 8.78 Å². The van der Waals surface area contributed by atoms with E-state index >= 15 is 0 Å². The van der Waals surface area contributed by atoms with Crippen LogP contribution in [0.5, 0.6) is 0 Å². The molecular weight excluding hydrogens is 244 g/mol. The number of para-hydroxylation sites is 1. The average Bonchev–Trinajstić information content (AvgIpc) is 2.43. The highest BCUT2D eigenvalue weighted by atomic mass is 79.9. The molecule has 0 aliphatic heterocycles. The van der Waals surface area contributed by atoms with Gasteiger partial charge in [0.15, 0.2) is 5.58 Å². The van der Waals surface area contributed by atoms with Gasteiger partial charge in [-0.2, -0.15) is 0 Å². The van der Waals surface area contributed by atoms with Gasteiger partial charge in [-0.25, -0.2) is 13.8 Å². The van der Waals surface area contributed by atoms with Crippen molar-refractivity contribution in [2.45, 2.75) is 6.43 Å². The van der Waals surface area contributed by atoms with Gasteiger partial charge in [-0.05, 0) is 12.1 Å². The Morgan fingerprint density at radius 1 is 1.38 bits per heavy atom. The van der Waals surface area contributed by atoms with Crippen molar-refractivity contribution < 1.29 is 13.2 Å². The molecule has 2 aromatic rings. The largest absolute Gasteiger partial charge is 0.431 e. The van der Waals surface area contributed by atoms with Crippen molar-refractivity contribution >= 4 is 27.0 Å². The molecule has 1 aromatic carbocycles. The highest BCUT2D eigenvalue weighted by Crippen LogP contribution is 2.29. The fourth-order valence-corrected chi connectivity index (χ4v) is 1.47. The number of nitrogens with zero attached hydrogens (tertiary/aromatic N) is 1. The second-order valence-electron chi connectivity index (χ2n) is 2.46. The lowest BCUT2D eigenvalue weighted by atomic mass is 10.2. The van der Waals surface area contributed by atoms with E-state index in [4.69, 9.17) is 4.42 Å². The number of oxazole rings is 1. The lowest BCUT2D eigenvalue weighted by Gasteiger charge is -1.97. The second kappa shape index (κ2) is 3.06. The fourth-order valence-electron chi connectivity index (χ4n) is 1.12. The fraction of sp³-hybridized carbons (Fsp3) is 0.125. The number of alkyl halides is 2. The Kier molecular flexibility index (Phi) is 2.03. The van der Waals surface area contributed by atoms with Crippen molar-refractivity contribution in [1.82, 2.24) is 4.98 Å². The third kappa shape index (κ3) is 1.44. The van der Waals surface area contributed by atoms with E-state index < -0.39 is 6.43 Å². The second-order valence-corrected chi connectivity index (χ2v) is 3.14. The number of rotatable bonds is 1. The first-order valence-corrected chi connectivity index (χ1v) is 4.31. The molecule has 2 rings (SSSR count). The Morgan fingerprint density at radius 2 is 2.15 bits per heavy atom. The molecule has 1 aromatic heterocycles. The zero-order chi connectivity index (χ0) is 9.42. The number of aromatic nitrogens is 1. The molecule has 1 heterocycles. The quantitative estimate of drug-likeness (QED) is 0.771. The van der Waals surface area contributed by atoms with Crippen LogP contribution in [0.3, 0.4) is 0 Å². The summed E-state index contributed by atoms with van der Waals surface area (Å²) in [6, 6.07) is 4.47. The number of halogens is 3. The van der Waals surface area contributed by atoms with E-state index in [1.807, 2.05) is 0 Å². The summed E-state index contributed by atoms with van der Waals surface area (Å²) in [5, 5.41) is 0. The van der Waals surface area contributed by atoms with E-state index in [-0.39, 0.29) is 15.9 Å².